The van der Waals surface area contributed by atoms with Crippen LogP contribution in [0, 0.1) is 19.8 Å². The van der Waals surface area contributed by atoms with Crippen LogP contribution in [0.1, 0.15) is 17.0 Å². The van der Waals surface area contributed by atoms with Gasteiger partial charge < -0.3 is 15.2 Å². The van der Waals surface area contributed by atoms with Crippen LogP contribution in [-0.4, -0.2) is 28.0 Å². The molecular formula is C13H19N5O. The molecule has 102 valence electrons. The highest BCUT2D eigenvalue weighted by Gasteiger charge is 2.18. The van der Waals surface area contributed by atoms with E-state index < -0.39 is 0 Å². The van der Waals surface area contributed by atoms with Gasteiger partial charge in [-0.05, 0) is 13.8 Å². The predicted octanol–water partition coefficient (Wildman–Crippen LogP) is 1.32. The lowest BCUT2D eigenvalue weighted by Gasteiger charge is -2.25. The molecule has 19 heavy (non-hydrogen) atoms. The van der Waals surface area contributed by atoms with E-state index in [2.05, 4.69) is 20.9 Å². The Morgan fingerprint density at radius 3 is 3.21 bits per heavy atom. The molecule has 2 N–H and O–H groups in total. The van der Waals surface area contributed by atoms with Crippen LogP contribution in [-0.2, 0) is 13.1 Å². The Labute approximate surface area is 112 Å². The monoisotopic (exact) mass is 261 g/mol. The van der Waals surface area contributed by atoms with Crippen molar-refractivity contribution in [3.63, 3.8) is 0 Å². The zero-order valence-electron chi connectivity index (χ0n) is 11.3. The van der Waals surface area contributed by atoms with Crippen LogP contribution in [0.15, 0.2) is 16.8 Å². The molecule has 6 heteroatoms. The summed E-state index contributed by atoms with van der Waals surface area (Å²) in [6.45, 7) is 7.64. The van der Waals surface area contributed by atoms with E-state index in [-0.39, 0.29) is 0 Å². The fourth-order valence-electron chi connectivity index (χ4n) is 2.48. The van der Waals surface area contributed by atoms with Crippen LogP contribution in [0.3, 0.4) is 0 Å². The second-order valence-electron chi connectivity index (χ2n) is 5.08. The van der Waals surface area contributed by atoms with Gasteiger partial charge in [-0.25, -0.2) is 4.68 Å². The molecule has 3 heterocycles. The number of hydrogen-bond donors (Lipinski definition) is 2. The van der Waals surface area contributed by atoms with Gasteiger partial charge in [-0.2, -0.15) is 5.10 Å². The van der Waals surface area contributed by atoms with Crippen LogP contribution >= 0.6 is 0 Å². The summed E-state index contributed by atoms with van der Waals surface area (Å²) in [5.74, 6) is 2.57. The van der Waals surface area contributed by atoms with Crippen molar-refractivity contribution in [2.45, 2.75) is 26.9 Å². The van der Waals surface area contributed by atoms with Gasteiger partial charge in [-0.15, -0.1) is 0 Å². The maximum Gasteiger partial charge on any atom is 0.138 e. The van der Waals surface area contributed by atoms with Gasteiger partial charge in [0.1, 0.15) is 11.6 Å². The first-order valence-electron chi connectivity index (χ1n) is 6.62. The van der Waals surface area contributed by atoms with Crippen molar-refractivity contribution in [3.05, 3.63) is 29.3 Å². The number of aryl methyl sites for hydroxylation is 2. The number of aromatic nitrogens is 3. The molecule has 0 spiro atoms. The second-order valence-corrected chi connectivity index (χ2v) is 5.08. The first-order valence-corrected chi connectivity index (χ1v) is 6.62. The molecular weight excluding hydrogens is 242 g/mol. The quantitative estimate of drug-likeness (QED) is 0.868. The third-order valence-corrected chi connectivity index (χ3v) is 3.64. The molecule has 0 aliphatic carbocycles. The Morgan fingerprint density at radius 2 is 2.42 bits per heavy atom. The number of anilines is 1. The Bertz CT molecular complexity index is 540. The molecule has 1 aliphatic rings. The minimum absolute atomic E-state index is 0.549. The lowest BCUT2D eigenvalue weighted by Crippen LogP contribution is -2.35. The number of nitrogens with one attached hydrogen (secondary N) is 2. The van der Waals surface area contributed by atoms with E-state index >= 15 is 0 Å². The third kappa shape index (κ3) is 2.49. The molecule has 1 aliphatic heterocycles. The summed E-state index contributed by atoms with van der Waals surface area (Å²) < 4.78 is 7.18. The third-order valence-electron chi connectivity index (χ3n) is 3.64. The van der Waals surface area contributed by atoms with E-state index in [0.29, 0.717) is 5.92 Å². The lowest BCUT2D eigenvalue weighted by molar-refractivity contribution is 0.385. The van der Waals surface area contributed by atoms with Crippen molar-refractivity contribution in [1.82, 2.24) is 20.3 Å². The van der Waals surface area contributed by atoms with E-state index in [1.54, 1.807) is 0 Å². The summed E-state index contributed by atoms with van der Waals surface area (Å²) in [4.78, 5) is 0. The first-order chi connectivity index (χ1) is 9.24. The molecule has 0 saturated heterocycles. The topological polar surface area (TPSA) is 67.9 Å². The Kier molecular flexibility index (Phi) is 3.25. The number of fused-ring (bicyclic) bond motifs is 1. The summed E-state index contributed by atoms with van der Waals surface area (Å²) >= 11 is 0. The molecule has 0 bridgehead atoms. The van der Waals surface area contributed by atoms with Gasteiger partial charge in [0.25, 0.3) is 0 Å². The summed E-state index contributed by atoms with van der Waals surface area (Å²) in [7, 11) is 0. The van der Waals surface area contributed by atoms with Crippen molar-refractivity contribution in [1.29, 1.82) is 0 Å². The van der Waals surface area contributed by atoms with Crippen LogP contribution in [0.25, 0.3) is 0 Å². The van der Waals surface area contributed by atoms with E-state index in [1.807, 2.05) is 30.8 Å². The van der Waals surface area contributed by atoms with Gasteiger partial charge in [0.15, 0.2) is 0 Å². The molecule has 3 rings (SSSR count). The molecule has 0 saturated carbocycles. The molecule has 0 aromatic carbocycles. The van der Waals surface area contributed by atoms with Crippen molar-refractivity contribution < 1.29 is 4.52 Å². The SMILES string of the molecule is Cc1noc(C)c1CNC[C@@H]1CNc2ccnn2C1. The summed E-state index contributed by atoms with van der Waals surface area (Å²) in [6.07, 6.45) is 1.84. The standard InChI is InChI=1S/C13H19N5O/c1-9-12(10(2)19-17-9)7-14-5-11-6-15-13-3-4-16-18(13)8-11/h3-4,11,14-15H,5-8H2,1-2H3/t11-/m1/s1. The Balaban J connectivity index is 1.51. The van der Waals surface area contributed by atoms with Crippen molar-refractivity contribution in [2.24, 2.45) is 5.92 Å². The summed E-state index contributed by atoms with van der Waals surface area (Å²) in [6, 6.07) is 2.01. The molecule has 0 fully saturated rings. The molecule has 0 amide bonds. The van der Waals surface area contributed by atoms with Crippen molar-refractivity contribution in [2.75, 3.05) is 18.4 Å². The van der Waals surface area contributed by atoms with Gasteiger partial charge in [0.2, 0.25) is 0 Å². The van der Waals surface area contributed by atoms with Crippen LogP contribution in [0.5, 0.6) is 0 Å². The average molecular weight is 261 g/mol. The smallest absolute Gasteiger partial charge is 0.138 e. The molecule has 2 aromatic rings. The predicted molar refractivity (Wildman–Crippen MR) is 71.9 cm³/mol. The zero-order chi connectivity index (χ0) is 13.2. The molecule has 0 unspecified atom stereocenters. The van der Waals surface area contributed by atoms with Crippen molar-refractivity contribution in [3.8, 4) is 0 Å². The number of rotatable bonds is 4. The average Bonchev–Trinajstić information content (AvgIpc) is 2.99. The van der Waals surface area contributed by atoms with E-state index in [0.717, 1.165) is 43.5 Å². The van der Waals surface area contributed by atoms with E-state index in [4.69, 9.17) is 4.52 Å². The van der Waals surface area contributed by atoms with E-state index in [1.165, 1.54) is 5.56 Å². The summed E-state index contributed by atoms with van der Waals surface area (Å²) in [5.41, 5.74) is 2.14. The lowest BCUT2D eigenvalue weighted by atomic mass is 10.1. The van der Waals surface area contributed by atoms with Gasteiger partial charge >= 0.3 is 0 Å². The van der Waals surface area contributed by atoms with Crippen LogP contribution in [0.2, 0.25) is 0 Å². The van der Waals surface area contributed by atoms with Gasteiger partial charge in [-0.3, -0.25) is 0 Å². The maximum absolute atomic E-state index is 5.16. The van der Waals surface area contributed by atoms with Gasteiger partial charge in [0, 0.05) is 43.7 Å². The number of nitrogens with zero attached hydrogens (tertiary/aromatic N) is 3. The number of hydrogen-bond acceptors (Lipinski definition) is 5. The largest absolute Gasteiger partial charge is 0.370 e. The fraction of sp³-hybridized carbons (Fsp3) is 0.538. The zero-order valence-corrected chi connectivity index (χ0v) is 11.3. The summed E-state index contributed by atoms with van der Waals surface area (Å²) in [5, 5.41) is 15.1. The molecule has 6 nitrogen and oxygen atoms in total. The Morgan fingerprint density at radius 1 is 1.53 bits per heavy atom. The van der Waals surface area contributed by atoms with Gasteiger partial charge in [-0.1, -0.05) is 5.16 Å². The van der Waals surface area contributed by atoms with Crippen LogP contribution < -0.4 is 10.6 Å². The van der Waals surface area contributed by atoms with Crippen LogP contribution in [0.4, 0.5) is 5.82 Å². The molecule has 2 aromatic heterocycles. The molecule has 0 radical (unpaired) electrons. The second kappa shape index (κ2) is 5.05. The van der Waals surface area contributed by atoms with Gasteiger partial charge in [0.05, 0.1) is 11.9 Å². The molecule has 1 atom stereocenters. The maximum atomic E-state index is 5.16. The highest BCUT2D eigenvalue weighted by Crippen LogP contribution is 2.16. The minimum atomic E-state index is 0.549. The minimum Gasteiger partial charge on any atom is -0.370 e. The fourth-order valence-corrected chi connectivity index (χ4v) is 2.48. The Hall–Kier alpha value is -1.82. The van der Waals surface area contributed by atoms with E-state index in [9.17, 15) is 0 Å². The first kappa shape index (κ1) is 12.2. The highest BCUT2D eigenvalue weighted by atomic mass is 16.5. The van der Waals surface area contributed by atoms with Crippen molar-refractivity contribution >= 4 is 5.82 Å². The normalized spacial score (nSPS) is 18.1. The highest BCUT2D eigenvalue weighted by molar-refractivity contribution is 5.35.